The van der Waals surface area contributed by atoms with Gasteiger partial charge in [0.1, 0.15) is 0 Å². The number of carbonyl (C=O) groups excluding carboxylic acids is 2. The van der Waals surface area contributed by atoms with Crippen molar-refractivity contribution < 1.29 is 9.59 Å². The van der Waals surface area contributed by atoms with Crippen LogP contribution in [-0.2, 0) is 17.8 Å². The van der Waals surface area contributed by atoms with Gasteiger partial charge in [-0.3, -0.25) is 14.6 Å². The molecule has 0 spiro atoms. The van der Waals surface area contributed by atoms with Crippen LogP contribution in [0.1, 0.15) is 27.9 Å². The van der Waals surface area contributed by atoms with Crippen molar-refractivity contribution >= 4 is 17.5 Å². The molecule has 0 saturated carbocycles. The van der Waals surface area contributed by atoms with Crippen LogP contribution in [0.4, 0.5) is 5.69 Å². The van der Waals surface area contributed by atoms with Gasteiger partial charge in [-0.05, 0) is 35.7 Å². The lowest BCUT2D eigenvalue weighted by Crippen LogP contribution is -2.24. The van der Waals surface area contributed by atoms with E-state index in [1.165, 1.54) is 6.20 Å². The van der Waals surface area contributed by atoms with Gasteiger partial charge >= 0.3 is 0 Å². The zero-order valence-electron chi connectivity index (χ0n) is 14.9. The molecule has 0 saturated heterocycles. The summed E-state index contributed by atoms with van der Waals surface area (Å²) in [4.78, 5) is 28.4. The minimum absolute atomic E-state index is 0.0211. The van der Waals surface area contributed by atoms with Crippen LogP contribution in [0.15, 0.2) is 79.1 Å². The van der Waals surface area contributed by atoms with Crippen molar-refractivity contribution in [3.8, 4) is 0 Å². The summed E-state index contributed by atoms with van der Waals surface area (Å²) in [5.41, 5.74) is 3.15. The van der Waals surface area contributed by atoms with E-state index >= 15 is 0 Å². The first-order valence-corrected chi connectivity index (χ1v) is 8.82. The quantitative estimate of drug-likeness (QED) is 0.677. The maximum atomic E-state index is 12.3. The van der Waals surface area contributed by atoms with Gasteiger partial charge in [0, 0.05) is 31.0 Å². The number of benzene rings is 2. The van der Waals surface area contributed by atoms with Gasteiger partial charge in [-0.1, -0.05) is 48.5 Å². The number of anilines is 1. The van der Waals surface area contributed by atoms with Gasteiger partial charge < -0.3 is 10.6 Å². The molecule has 0 atom stereocenters. The molecule has 0 aliphatic rings. The zero-order valence-corrected chi connectivity index (χ0v) is 14.9. The van der Waals surface area contributed by atoms with Crippen LogP contribution < -0.4 is 10.6 Å². The van der Waals surface area contributed by atoms with Crippen LogP contribution in [0.5, 0.6) is 0 Å². The minimum Gasteiger partial charge on any atom is -0.352 e. The highest BCUT2D eigenvalue weighted by atomic mass is 16.2. The molecule has 0 aliphatic carbocycles. The maximum absolute atomic E-state index is 12.3. The number of para-hydroxylation sites is 1. The monoisotopic (exact) mass is 359 g/mol. The van der Waals surface area contributed by atoms with Crippen molar-refractivity contribution in [2.75, 3.05) is 5.32 Å². The van der Waals surface area contributed by atoms with Gasteiger partial charge in [0.25, 0.3) is 5.91 Å². The SMILES string of the molecule is O=C(CCc1ccccc1)NCc1ccccc1NC(=O)c1cccnc1. The van der Waals surface area contributed by atoms with Crippen LogP contribution in [0.3, 0.4) is 0 Å². The number of aryl methyl sites for hydroxylation is 1. The van der Waals surface area contributed by atoms with Crippen molar-refractivity contribution in [1.82, 2.24) is 10.3 Å². The summed E-state index contributed by atoms with van der Waals surface area (Å²) in [5.74, 6) is -0.252. The molecule has 136 valence electrons. The van der Waals surface area contributed by atoms with Crippen LogP contribution in [0.2, 0.25) is 0 Å². The van der Waals surface area contributed by atoms with Gasteiger partial charge in [-0.2, -0.15) is 0 Å². The molecule has 0 radical (unpaired) electrons. The average Bonchev–Trinajstić information content (AvgIpc) is 2.73. The van der Waals surface area contributed by atoms with Crippen molar-refractivity contribution in [3.63, 3.8) is 0 Å². The van der Waals surface area contributed by atoms with E-state index in [9.17, 15) is 9.59 Å². The molecule has 0 bridgehead atoms. The summed E-state index contributed by atoms with van der Waals surface area (Å²) in [6, 6.07) is 20.8. The van der Waals surface area contributed by atoms with Gasteiger partial charge in [-0.25, -0.2) is 0 Å². The van der Waals surface area contributed by atoms with Crippen LogP contribution in [-0.4, -0.2) is 16.8 Å². The first-order chi connectivity index (χ1) is 13.2. The Balaban J connectivity index is 1.56. The van der Waals surface area contributed by atoms with E-state index in [1.54, 1.807) is 18.3 Å². The van der Waals surface area contributed by atoms with E-state index in [2.05, 4.69) is 15.6 Å². The molecule has 0 aliphatic heterocycles. The third-order valence-electron chi connectivity index (χ3n) is 4.15. The number of pyridine rings is 1. The third kappa shape index (κ3) is 5.51. The Morgan fingerprint density at radius 2 is 1.67 bits per heavy atom. The molecule has 5 heteroatoms. The summed E-state index contributed by atoms with van der Waals surface area (Å²) in [7, 11) is 0. The number of aromatic nitrogens is 1. The molecule has 0 fully saturated rings. The number of carbonyl (C=O) groups is 2. The lowest BCUT2D eigenvalue weighted by atomic mass is 10.1. The van der Waals surface area contributed by atoms with E-state index in [0.717, 1.165) is 11.1 Å². The Bertz CT molecular complexity index is 896. The average molecular weight is 359 g/mol. The van der Waals surface area contributed by atoms with Gasteiger partial charge in [0.2, 0.25) is 5.91 Å². The van der Waals surface area contributed by atoms with Crippen LogP contribution in [0.25, 0.3) is 0 Å². The van der Waals surface area contributed by atoms with Gasteiger partial charge in [0.05, 0.1) is 5.56 Å². The van der Waals surface area contributed by atoms with E-state index in [0.29, 0.717) is 30.6 Å². The van der Waals surface area contributed by atoms with E-state index in [4.69, 9.17) is 0 Å². The Labute approximate surface area is 158 Å². The smallest absolute Gasteiger partial charge is 0.257 e. The lowest BCUT2D eigenvalue weighted by molar-refractivity contribution is -0.121. The highest BCUT2D eigenvalue weighted by Gasteiger charge is 2.10. The Hall–Kier alpha value is -3.47. The largest absolute Gasteiger partial charge is 0.352 e. The maximum Gasteiger partial charge on any atom is 0.257 e. The first kappa shape index (κ1) is 18.3. The van der Waals surface area contributed by atoms with Crippen molar-refractivity contribution in [2.45, 2.75) is 19.4 Å². The number of hydrogen-bond donors (Lipinski definition) is 2. The number of amides is 2. The highest BCUT2D eigenvalue weighted by Crippen LogP contribution is 2.16. The van der Waals surface area contributed by atoms with Crippen LogP contribution >= 0.6 is 0 Å². The molecular weight excluding hydrogens is 338 g/mol. The number of rotatable bonds is 7. The van der Waals surface area contributed by atoms with E-state index in [-0.39, 0.29) is 11.8 Å². The molecule has 2 N–H and O–H groups in total. The molecule has 0 unspecified atom stereocenters. The predicted octanol–water partition coefficient (Wildman–Crippen LogP) is 3.58. The molecular formula is C22H21N3O2. The molecule has 3 rings (SSSR count). The molecule has 1 aromatic heterocycles. The first-order valence-electron chi connectivity index (χ1n) is 8.82. The lowest BCUT2D eigenvalue weighted by Gasteiger charge is -2.12. The van der Waals surface area contributed by atoms with E-state index in [1.807, 2.05) is 54.6 Å². The fourth-order valence-corrected chi connectivity index (χ4v) is 2.67. The number of hydrogen-bond acceptors (Lipinski definition) is 3. The minimum atomic E-state index is -0.231. The standard InChI is InChI=1S/C22H21N3O2/c26-21(13-12-17-7-2-1-3-8-17)24-16-18-9-4-5-11-20(18)25-22(27)19-10-6-14-23-15-19/h1-11,14-15H,12-13,16H2,(H,24,26)(H,25,27). The summed E-state index contributed by atoms with van der Waals surface area (Å²) >= 11 is 0. The molecule has 5 nitrogen and oxygen atoms in total. The Morgan fingerprint density at radius 1 is 0.889 bits per heavy atom. The van der Waals surface area contributed by atoms with E-state index < -0.39 is 0 Å². The summed E-state index contributed by atoms with van der Waals surface area (Å²) < 4.78 is 0. The fraction of sp³-hybridized carbons (Fsp3) is 0.136. The summed E-state index contributed by atoms with van der Waals surface area (Å²) in [5, 5.41) is 5.80. The van der Waals surface area contributed by atoms with Gasteiger partial charge in [0.15, 0.2) is 0 Å². The zero-order chi connectivity index (χ0) is 18.9. The molecule has 2 aromatic carbocycles. The molecule has 2 amide bonds. The second-order valence-electron chi connectivity index (χ2n) is 6.12. The normalized spacial score (nSPS) is 10.2. The second-order valence-corrected chi connectivity index (χ2v) is 6.12. The molecule has 27 heavy (non-hydrogen) atoms. The van der Waals surface area contributed by atoms with Crippen LogP contribution in [0, 0.1) is 0 Å². The van der Waals surface area contributed by atoms with Crippen molar-refractivity contribution in [1.29, 1.82) is 0 Å². The van der Waals surface area contributed by atoms with Crippen molar-refractivity contribution in [2.24, 2.45) is 0 Å². The Kier molecular flexibility index (Phi) is 6.30. The summed E-state index contributed by atoms with van der Waals surface area (Å²) in [6.45, 7) is 0.358. The highest BCUT2D eigenvalue weighted by molar-refractivity contribution is 6.04. The fourth-order valence-electron chi connectivity index (χ4n) is 2.67. The van der Waals surface area contributed by atoms with Crippen molar-refractivity contribution in [3.05, 3.63) is 95.8 Å². The van der Waals surface area contributed by atoms with Gasteiger partial charge in [-0.15, -0.1) is 0 Å². The number of nitrogens with one attached hydrogen (secondary N) is 2. The summed E-state index contributed by atoms with van der Waals surface area (Å²) in [6.07, 6.45) is 4.26. The molecule has 1 heterocycles. The number of nitrogens with zero attached hydrogens (tertiary/aromatic N) is 1. The Morgan fingerprint density at radius 3 is 2.44 bits per heavy atom. The second kappa shape index (κ2) is 9.29. The predicted molar refractivity (Wildman–Crippen MR) is 105 cm³/mol. The molecule has 3 aromatic rings. The topological polar surface area (TPSA) is 71.1 Å². The third-order valence-corrected chi connectivity index (χ3v) is 4.15.